The molecular weight excluding hydrogens is 250 g/mol. The maximum absolute atomic E-state index is 10.3. The van der Waals surface area contributed by atoms with E-state index in [1.807, 2.05) is 24.3 Å². The molecule has 2 N–H and O–H groups in total. The summed E-state index contributed by atoms with van der Waals surface area (Å²) in [6.07, 6.45) is 5.97. The predicted molar refractivity (Wildman–Crippen MR) is 82.0 cm³/mol. The molecule has 0 saturated heterocycles. The van der Waals surface area contributed by atoms with Crippen molar-refractivity contribution in [2.45, 2.75) is 51.2 Å². The van der Waals surface area contributed by atoms with Crippen molar-refractivity contribution in [3.63, 3.8) is 0 Å². The Morgan fingerprint density at radius 1 is 1.30 bits per heavy atom. The molecule has 1 atom stereocenters. The minimum absolute atomic E-state index is 0.464. The highest BCUT2D eigenvalue weighted by Crippen LogP contribution is 2.27. The van der Waals surface area contributed by atoms with Crippen molar-refractivity contribution < 1.29 is 9.84 Å². The lowest BCUT2D eigenvalue weighted by molar-refractivity contribution is 0.161. The number of aliphatic hydroxyl groups is 1. The molecule has 0 amide bonds. The van der Waals surface area contributed by atoms with Gasteiger partial charge in [-0.3, -0.25) is 0 Å². The van der Waals surface area contributed by atoms with Crippen LogP contribution in [0.2, 0.25) is 0 Å². The van der Waals surface area contributed by atoms with Crippen molar-refractivity contribution in [1.29, 1.82) is 0 Å². The molecule has 20 heavy (non-hydrogen) atoms. The van der Waals surface area contributed by atoms with E-state index in [0.717, 1.165) is 17.2 Å². The molecule has 0 bridgehead atoms. The first-order valence-corrected chi connectivity index (χ1v) is 7.78. The summed E-state index contributed by atoms with van der Waals surface area (Å²) in [5, 5.41) is 13.8. The number of rotatable bonds is 6. The average molecular weight is 277 g/mol. The molecule has 3 nitrogen and oxygen atoms in total. The zero-order valence-corrected chi connectivity index (χ0v) is 12.6. The largest absolute Gasteiger partial charge is 0.497 e. The zero-order valence-electron chi connectivity index (χ0n) is 12.6. The van der Waals surface area contributed by atoms with Crippen LogP contribution in [0.5, 0.6) is 5.75 Å². The van der Waals surface area contributed by atoms with Crippen LogP contribution in [0.15, 0.2) is 24.3 Å². The summed E-state index contributed by atoms with van der Waals surface area (Å²) in [6, 6.07) is 8.24. The SMILES string of the molecule is CCC1CCC(NCC(O)c2cccc(OC)c2)CC1. The van der Waals surface area contributed by atoms with Crippen LogP contribution in [0, 0.1) is 5.92 Å². The van der Waals surface area contributed by atoms with Crippen molar-refractivity contribution in [3.05, 3.63) is 29.8 Å². The van der Waals surface area contributed by atoms with Crippen molar-refractivity contribution in [2.75, 3.05) is 13.7 Å². The molecule has 0 aliphatic heterocycles. The van der Waals surface area contributed by atoms with Crippen LogP contribution in [0.4, 0.5) is 0 Å². The molecule has 1 aliphatic rings. The van der Waals surface area contributed by atoms with E-state index in [0.29, 0.717) is 12.6 Å². The number of methoxy groups -OCH3 is 1. The lowest BCUT2D eigenvalue weighted by Crippen LogP contribution is -2.35. The van der Waals surface area contributed by atoms with Gasteiger partial charge in [-0.15, -0.1) is 0 Å². The van der Waals surface area contributed by atoms with Crippen LogP contribution in [0.3, 0.4) is 0 Å². The molecule has 0 radical (unpaired) electrons. The number of ether oxygens (including phenoxy) is 1. The van der Waals surface area contributed by atoms with Gasteiger partial charge in [-0.05, 0) is 49.3 Å². The Kier molecular flexibility index (Phi) is 5.86. The molecule has 1 aliphatic carbocycles. The van der Waals surface area contributed by atoms with E-state index < -0.39 is 6.10 Å². The van der Waals surface area contributed by atoms with E-state index in [2.05, 4.69) is 12.2 Å². The maximum atomic E-state index is 10.3. The molecule has 1 unspecified atom stereocenters. The van der Waals surface area contributed by atoms with E-state index >= 15 is 0 Å². The van der Waals surface area contributed by atoms with Crippen LogP contribution in [0.1, 0.15) is 50.7 Å². The third-order valence-electron chi connectivity index (χ3n) is 4.50. The molecule has 1 fully saturated rings. The van der Waals surface area contributed by atoms with Crippen molar-refractivity contribution in [2.24, 2.45) is 5.92 Å². The van der Waals surface area contributed by atoms with Gasteiger partial charge in [0.25, 0.3) is 0 Å². The highest BCUT2D eigenvalue weighted by atomic mass is 16.5. The summed E-state index contributed by atoms with van der Waals surface area (Å²) in [5.74, 6) is 1.71. The van der Waals surface area contributed by atoms with Gasteiger partial charge in [0.15, 0.2) is 0 Å². The predicted octanol–water partition coefficient (Wildman–Crippen LogP) is 3.29. The van der Waals surface area contributed by atoms with Crippen molar-refractivity contribution >= 4 is 0 Å². The highest BCUT2D eigenvalue weighted by molar-refractivity contribution is 5.29. The molecule has 1 saturated carbocycles. The maximum Gasteiger partial charge on any atom is 0.119 e. The summed E-state index contributed by atoms with van der Waals surface area (Å²) in [4.78, 5) is 0. The molecule has 112 valence electrons. The lowest BCUT2D eigenvalue weighted by atomic mass is 9.84. The standard InChI is InChI=1S/C17H27NO2/c1-3-13-7-9-15(10-8-13)18-12-17(19)14-5-4-6-16(11-14)20-2/h4-6,11,13,15,17-19H,3,7-10,12H2,1-2H3. The topological polar surface area (TPSA) is 41.5 Å². The molecule has 0 spiro atoms. The fourth-order valence-electron chi connectivity index (χ4n) is 3.02. The normalized spacial score (nSPS) is 24.4. The first-order valence-electron chi connectivity index (χ1n) is 7.78. The van der Waals surface area contributed by atoms with Crippen molar-refractivity contribution in [1.82, 2.24) is 5.32 Å². The van der Waals surface area contributed by atoms with Gasteiger partial charge in [0.1, 0.15) is 5.75 Å². The Balaban J connectivity index is 1.78. The summed E-state index contributed by atoms with van der Waals surface area (Å²) in [7, 11) is 1.65. The van der Waals surface area contributed by atoms with Gasteiger partial charge in [0, 0.05) is 12.6 Å². The molecule has 1 aromatic carbocycles. The summed E-state index contributed by atoms with van der Waals surface area (Å²) in [5.41, 5.74) is 0.916. The quantitative estimate of drug-likeness (QED) is 0.838. The fraction of sp³-hybridized carbons (Fsp3) is 0.647. The Morgan fingerprint density at radius 2 is 2.05 bits per heavy atom. The van der Waals surface area contributed by atoms with E-state index in [1.54, 1.807) is 7.11 Å². The van der Waals surface area contributed by atoms with Gasteiger partial charge in [-0.2, -0.15) is 0 Å². The number of hydrogen-bond donors (Lipinski definition) is 2. The molecule has 0 heterocycles. The first kappa shape index (κ1) is 15.3. The highest BCUT2D eigenvalue weighted by Gasteiger charge is 2.20. The van der Waals surface area contributed by atoms with Crippen LogP contribution >= 0.6 is 0 Å². The van der Waals surface area contributed by atoms with E-state index in [4.69, 9.17) is 4.74 Å². The van der Waals surface area contributed by atoms with Gasteiger partial charge >= 0.3 is 0 Å². The molecule has 1 aromatic rings. The van der Waals surface area contributed by atoms with E-state index in [9.17, 15) is 5.11 Å². The number of hydrogen-bond acceptors (Lipinski definition) is 3. The second-order valence-corrected chi connectivity index (χ2v) is 5.83. The van der Waals surface area contributed by atoms with Crippen molar-refractivity contribution in [3.8, 4) is 5.75 Å². The third kappa shape index (κ3) is 4.22. The Morgan fingerprint density at radius 3 is 2.70 bits per heavy atom. The Labute approximate surface area is 122 Å². The molecule has 3 heteroatoms. The molecule has 0 aromatic heterocycles. The van der Waals surface area contributed by atoms with Gasteiger partial charge in [0.2, 0.25) is 0 Å². The second-order valence-electron chi connectivity index (χ2n) is 5.83. The van der Waals surface area contributed by atoms with Crippen LogP contribution in [-0.2, 0) is 0 Å². The number of aliphatic hydroxyl groups excluding tert-OH is 1. The monoisotopic (exact) mass is 277 g/mol. The second kappa shape index (κ2) is 7.65. The van der Waals surface area contributed by atoms with Gasteiger partial charge < -0.3 is 15.2 Å². The van der Waals surface area contributed by atoms with Crippen LogP contribution in [0.25, 0.3) is 0 Å². The van der Waals surface area contributed by atoms with Crippen LogP contribution in [-0.4, -0.2) is 24.8 Å². The molecular formula is C17H27NO2. The summed E-state index contributed by atoms with van der Waals surface area (Å²) in [6.45, 7) is 2.90. The summed E-state index contributed by atoms with van der Waals surface area (Å²) < 4.78 is 5.19. The van der Waals surface area contributed by atoms with E-state index in [1.165, 1.54) is 32.1 Å². The van der Waals surface area contributed by atoms with E-state index in [-0.39, 0.29) is 0 Å². The van der Waals surface area contributed by atoms with Gasteiger partial charge in [-0.1, -0.05) is 25.5 Å². The number of benzene rings is 1. The third-order valence-corrected chi connectivity index (χ3v) is 4.50. The first-order chi connectivity index (χ1) is 9.72. The average Bonchev–Trinajstić information content (AvgIpc) is 2.53. The minimum Gasteiger partial charge on any atom is -0.497 e. The fourth-order valence-corrected chi connectivity index (χ4v) is 3.02. The van der Waals surface area contributed by atoms with Gasteiger partial charge in [-0.25, -0.2) is 0 Å². The number of nitrogens with one attached hydrogen (secondary N) is 1. The Bertz CT molecular complexity index is 400. The van der Waals surface area contributed by atoms with Gasteiger partial charge in [0.05, 0.1) is 13.2 Å². The van der Waals surface area contributed by atoms with Crippen LogP contribution < -0.4 is 10.1 Å². The lowest BCUT2D eigenvalue weighted by Gasteiger charge is -2.29. The zero-order chi connectivity index (χ0) is 14.4. The Hall–Kier alpha value is -1.06. The smallest absolute Gasteiger partial charge is 0.119 e. The molecule has 2 rings (SSSR count). The minimum atomic E-state index is -0.464. The summed E-state index contributed by atoms with van der Waals surface area (Å²) >= 11 is 0.